The van der Waals surface area contributed by atoms with Crippen molar-refractivity contribution in [3.05, 3.63) is 0 Å². The number of hydrogen-bond donors (Lipinski definition) is 3. The summed E-state index contributed by atoms with van der Waals surface area (Å²) in [5.74, 6) is -0.787. The molecule has 1 heterocycles. The molecule has 3 aliphatic rings. The zero-order valence-corrected chi connectivity index (χ0v) is 16.7. The first-order valence-corrected chi connectivity index (χ1v) is 10.8. The van der Waals surface area contributed by atoms with Gasteiger partial charge in [-0.05, 0) is 45.1 Å². The molecule has 0 bridgehead atoms. The average Bonchev–Trinajstić information content (AvgIpc) is 2.64. The van der Waals surface area contributed by atoms with Crippen molar-refractivity contribution in [2.24, 2.45) is 0 Å². The molecule has 0 aromatic rings. The number of rotatable bonds is 7. The molecule has 2 amide bonds. The molecule has 27 heavy (non-hydrogen) atoms. The van der Waals surface area contributed by atoms with E-state index in [1.807, 2.05) is 11.8 Å². The third-order valence-electron chi connectivity index (χ3n) is 6.67. The molecule has 3 N–H and O–H groups in total. The van der Waals surface area contributed by atoms with Crippen molar-refractivity contribution in [3.63, 3.8) is 0 Å². The molecule has 2 saturated carbocycles. The third kappa shape index (κ3) is 5.82. The molecule has 0 spiro atoms. The first kappa shape index (κ1) is 20.4. The normalized spacial score (nSPS) is 27.9. The fraction of sp³-hybridized carbons (Fsp3) is 0.900. The number of carbonyl (C=O) groups is 2. The van der Waals surface area contributed by atoms with Crippen molar-refractivity contribution < 1.29 is 14.7 Å². The zero-order chi connectivity index (χ0) is 19.2. The highest BCUT2D eigenvalue weighted by Gasteiger charge is 2.35. The zero-order valence-electron chi connectivity index (χ0n) is 16.7. The Kier molecular flexibility index (Phi) is 7.35. The Morgan fingerprint density at radius 3 is 2.22 bits per heavy atom. The molecule has 3 rings (SSSR count). The third-order valence-corrected chi connectivity index (χ3v) is 6.67. The maximum Gasteiger partial charge on any atom is 0.317 e. The largest absolute Gasteiger partial charge is 0.480 e. The van der Waals surface area contributed by atoms with Crippen LogP contribution in [0.2, 0.25) is 0 Å². The number of hydrogen-bond acceptors (Lipinski definition) is 4. The van der Waals surface area contributed by atoms with Crippen molar-refractivity contribution in [3.8, 4) is 0 Å². The highest BCUT2D eigenvalue weighted by molar-refractivity contribution is 5.74. The lowest BCUT2D eigenvalue weighted by Gasteiger charge is -2.42. The minimum atomic E-state index is -0.787. The van der Waals surface area contributed by atoms with Gasteiger partial charge in [-0.2, -0.15) is 0 Å². The topological polar surface area (TPSA) is 84.9 Å². The summed E-state index contributed by atoms with van der Waals surface area (Å²) in [4.78, 5) is 27.8. The number of urea groups is 1. The summed E-state index contributed by atoms with van der Waals surface area (Å²) in [5.41, 5.74) is 0. The van der Waals surface area contributed by atoms with Crippen LogP contribution < -0.4 is 10.6 Å². The lowest BCUT2D eigenvalue weighted by Crippen LogP contribution is -2.58. The van der Waals surface area contributed by atoms with E-state index in [4.69, 9.17) is 5.11 Å². The number of aliphatic carboxylic acids is 1. The number of likely N-dealkylation sites (N-methyl/N-ethyl adjacent to an activating group) is 1. The van der Waals surface area contributed by atoms with Gasteiger partial charge in [0.15, 0.2) is 0 Å². The van der Waals surface area contributed by atoms with Gasteiger partial charge in [0, 0.05) is 37.3 Å². The van der Waals surface area contributed by atoms with Gasteiger partial charge in [-0.1, -0.05) is 26.2 Å². The van der Waals surface area contributed by atoms with E-state index in [-0.39, 0.29) is 30.7 Å². The Morgan fingerprint density at radius 2 is 1.63 bits per heavy atom. The fourth-order valence-electron chi connectivity index (χ4n) is 4.94. The first-order valence-electron chi connectivity index (χ1n) is 10.8. The van der Waals surface area contributed by atoms with Gasteiger partial charge in [0.1, 0.15) is 0 Å². The van der Waals surface area contributed by atoms with E-state index in [0.717, 1.165) is 51.4 Å². The SMILES string of the molecule is CCN(CC(=O)O)C1CC(NC(=O)NC2CCN(C3CCCCC3)CC2)C1. The summed E-state index contributed by atoms with van der Waals surface area (Å²) >= 11 is 0. The van der Waals surface area contributed by atoms with Gasteiger partial charge in [-0.25, -0.2) is 4.79 Å². The molecule has 0 radical (unpaired) electrons. The Bertz CT molecular complexity index is 495. The van der Waals surface area contributed by atoms with E-state index >= 15 is 0 Å². The number of carbonyl (C=O) groups excluding carboxylic acids is 1. The summed E-state index contributed by atoms with van der Waals surface area (Å²) in [6, 6.07) is 1.43. The van der Waals surface area contributed by atoms with Crippen molar-refractivity contribution in [1.29, 1.82) is 0 Å². The Labute approximate surface area is 162 Å². The van der Waals surface area contributed by atoms with E-state index in [1.54, 1.807) is 0 Å². The van der Waals surface area contributed by atoms with Crippen LogP contribution in [-0.4, -0.2) is 77.3 Å². The second-order valence-corrected chi connectivity index (χ2v) is 8.50. The predicted molar refractivity (Wildman–Crippen MR) is 105 cm³/mol. The van der Waals surface area contributed by atoms with Crippen LogP contribution in [0.15, 0.2) is 0 Å². The molecule has 7 heteroatoms. The molecule has 2 aliphatic carbocycles. The van der Waals surface area contributed by atoms with Crippen molar-refractivity contribution in [2.75, 3.05) is 26.2 Å². The van der Waals surface area contributed by atoms with Crippen molar-refractivity contribution in [2.45, 2.75) is 88.9 Å². The van der Waals surface area contributed by atoms with Crippen LogP contribution in [0.1, 0.15) is 64.7 Å². The molecule has 0 unspecified atom stereocenters. The molecular formula is C20H36N4O3. The summed E-state index contributed by atoms with van der Waals surface area (Å²) in [5, 5.41) is 15.2. The second-order valence-electron chi connectivity index (χ2n) is 8.50. The van der Waals surface area contributed by atoms with Gasteiger partial charge in [-0.15, -0.1) is 0 Å². The Balaban J connectivity index is 1.31. The molecule has 1 saturated heterocycles. The lowest BCUT2D eigenvalue weighted by molar-refractivity contribution is -0.139. The number of amides is 2. The molecule has 154 valence electrons. The van der Waals surface area contributed by atoms with Crippen LogP contribution in [-0.2, 0) is 4.79 Å². The van der Waals surface area contributed by atoms with Crippen molar-refractivity contribution >= 4 is 12.0 Å². The van der Waals surface area contributed by atoms with Crippen LogP contribution in [0, 0.1) is 0 Å². The Hall–Kier alpha value is -1.34. The van der Waals surface area contributed by atoms with Gasteiger partial charge < -0.3 is 20.6 Å². The fourth-order valence-corrected chi connectivity index (χ4v) is 4.94. The average molecular weight is 381 g/mol. The molecular weight excluding hydrogens is 344 g/mol. The van der Waals surface area contributed by atoms with Gasteiger partial charge in [-0.3, -0.25) is 9.69 Å². The van der Waals surface area contributed by atoms with Crippen LogP contribution in [0.3, 0.4) is 0 Å². The summed E-state index contributed by atoms with van der Waals surface area (Å²) in [6.07, 6.45) is 10.6. The number of nitrogens with one attached hydrogen (secondary N) is 2. The molecule has 0 aromatic carbocycles. The number of carboxylic acids is 1. The van der Waals surface area contributed by atoms with Gasteiger partial charge in [0.2, 0.25) is 0 Å². The second kappa shape index (κ2) is 9.73. The minimum absolute atomic E-state index is 0.0594. The van der Waals surface area contributed by atoms with E-state index in [1.165, 1.54) is 32.1 Å². The van der Waals surface area contributed by atoms with E-state index in [9.17, 15) is 9.59 Å². The number of nitrogens with zero attached hydrogens (tertiary/aromatic N) is 2. The molecule has 0 atom stereocenters. The van der Waals surface area contributed by atoms with Gasteiger partial charge in [0.05, 0.1) is 6.54 Å². The van der Waals surface area contributed by atoms with E-state index in [0.29, 0.717) is 0 Å². The standard InChI is InChI=1S/C20H36N4O3/c1-2-23(14-19(25)26)18-12-16(13-18)22-20(27)21-15-8-10-24(11-9-15)17-6-4-3-5-7-17/h15-18H,2-14H2,1H3,(H,25,26)(H2,21,22,27). The maximum absolute atomic E-state index is 12.3. The summed E-state index contributed by atoms with van der Waals surface area (Å²) < 4.78 is 0. The quantitative estimate of drug-likeness (QED) is 0.629. The molecule has 0 aromatic heterocycles. The first-order chi connectivity index (χ1) is 13.0. The van der Waals surface area contributed by atoms with Crippen LogP contribution in [0.4, 0.5) is 4.79 Å². The van der Waals surface area contributed by atoms with Crippen molar-refractivity contribution in [1.82, 2.24) is 20.4 Å². The lowest BCUT2D eigenvalue weighted by atomic mass is 9.85. The van der Waals surface area contributed by atoms with Crippen LogP contribution >= 0.6 is 0 Å². The number of carboxylic acid groups (broad SMARTS) is 1. The number of piperidine rings is 1. The van der Waals surface area contributed by atoms with Gasteiger partial charge >= 0.3 is 12.0 Å². The predicted octanol–water partition coefficient (Wildman–Crippen LogP) is 2.02. The summed E-state index contributed by atoms with van der Waals surface area (Å²) in [6.45, 7) is 4.99. The highest BCUT2D eigenvalue weighted by atomic mass is 16.4. The Morgan fingerprint density at radius 1 is 1.00 bits per heavy atom. The molecule has 3 fully saturated rings. The highest BCUT2D eigenvalue weighted by Crippen LogP contribution is 2.26. The van der Waals surface area contributed by atoms with E-state index in [2.05, 4.69) is 15.5 Å². The maximum atomic E-state index is 12.3. The van der Waals surface area contributed by atoms with Gasteiger partial charge in [0.25, 0.3) is 0 Å². The van der Waals surface area contributed by atoms with Crippen LogP contribution in [0.25, 0.3) is 0 Å². The smallest absolute Gasteiger partial charge is 0.317 e. The monoisotopic (exact) mass is 380 g/mol. The van der Waals surface area contributed by atoms with E-state index < -0.39 is 5.97 Å². The number of likely N-dealkylation sites (tertiary alicyclic amines) is 1. The summed E-state index contributed by atoms with van der Waals surface area (Å²) in [7, 11) is 0. The molecule has 7 nitrogen and oxygen atoms in total. The minimum Gasteiger partial charge on any atom is -0.480 e. The molecule has 1 aliphatic heterocycles. The van der Waals surface area contributed by atoms with Crippen LogP contribution in [0.5, 0.6) is 0 Å².